The van der Waals surface area contributed by atoms with Crippen LogP contribution in [-0.4, -0.2) is 34.6 Å². The van der Waals surface area contributed by atoms with Crippen LogP contribution in [0.5, 0.6) is 0 Å². The molecule has 6 nitrogen and oxygen atoms in total. The van der Waals surface area contributed by atoms with Gasteiger partial charge in [-0.1, -0.05) is 6.58 Å². The zero-order valence-corrected chi connectivity index (χ0v) is 10.9. The first-order valence-corrected chi connectivity index (χ1v) is 5.53. The third-order valence-electron chi connectivity index (χ3n) is 1.84. The Hall–Kier alpha value is -1.85. The van der Waals surface area contributed by atoms with Crippen molar-refractivity contribution in [3.63, 3.8) is 0 Å². The zero-order chi connectivity index (χ0) is 14.3. The van der Waals surface area contributed by atoms with Crippen molar-refractivity contribution in [2.24, 2.45) is 0 Å². The first kappa shape index (κ1) is 16.1. The number of carbonyl (C=O) groups excluding carboxylic acids is 2. The molecule has 0 saturated heterocycles. The third-order valence-corrected chi connectivity index (χ3v) is 1.84. The minimum atomic E-state index is -1.04. The van der Waals surface area contributed by atoms with E-state index < -0.39 is 29.5 Å². The van der Waals surface area contributed by atoms with Crippen molar-refractivity contribution in [2.45, 2.75) is 45.3 Å². The molecule has 0 unspecified atom stereocenters. The molecule has 1 atom stereocenters. The molecule has 0 aliphatic carbocycles. The molecule has 0 radical (unpaired) electrons. The fourth-order valence-corrected chi connectivity index (χ4v) is 1.12. The topological polar surface area (TPSA) is 92.7 Å². The molecule has 0 saturated carbocycles. The van der Waals surface area contributed by atoms with Gasteiger partial charge in [0.25, 0.3) is 0 Å². The Bertz CT molecular complexity index is 343. The van der Waals surface area contributed by atoms with Gasteiger partial charge in [-0.05, 0) is 33.3 Å². The van der Waals surface area contributed by atoms with E-state index in [1.54, 1.807) is 20.8 Å². The number of nitrogens with one attached hydrogen (secondary N) is 1. The highest BCUT2D eigenvalue weighted by Gasteiger charge is 2.26. The van der Waals surface area contributed by atoms with Gasteiger partial charge >= 0.3 is 11.9 Å². The molecular formula is C12H19NO5. The van der Waals surface area contributed by atoms with Gasteiger partial charge in [0, 0.05) is 6.42 Å². The summed E-state index contributed by atoms with van der Waals surface area (Å²) >= 11 is 0. The van der Waals surface area contributed by atoms with E-state index in [1.807, 2.05) is 0 Å². The highest BCUT2D eigenvalue weighted by molar-refractivity contribution is 5.91. The fraction of sp³-hybridized carbons (Fsp3) is 0.583. The van der Waals surface area contributed by atoms with Crippen LogP contribution in [0.4, 0.5) is 0 Å². The van der Waals surface area contributed by atoms with Crippen molar-refractivity contribution < 1.29 is 24.2 Å². The van der Waals surface area contributed by atoms with Gasteiger partial charge in [0.05, 0.1) is 0 Å². The molecule has 1 amide bonds. The lowest BCUT2D eigenvalue weighted by Gasteiger charge is -2.24. The predicted octanol–water partition coefficient (Wildman–Crippen LogP) is 0.864. The number of hydrogen-bond donors (Lipinski definition) is 2. The molecule has 6 heteroatoms. The lowest BCUT2D eigenvalue weighted by molar-refractivity contribution is -0.158. The summed E-state index contributed by atoms with van der Waals surface area (Å²) in [5.74, 6) is -2.24. The highest BCUT2D eigenvalue weighted by atomic mass is 16.6. The van der Waals surface area contributed by atoms with Crippen LogP contribution in [-0.2, 0) is 19.1 Å². The van der Waals surface area contributed by atoms with E-state index in [0.717, 1.165) is 6.08 Å². The first-order valence-electron chi connectivity index (χ1n) is 5.53. The standard InChI is InChI=1S/C12H19NO5/c1-5-9(14)13-8(6-7-10(15)16)11(17)18-12(2,3)4/h5,8H,1,6-7H2,2-4H3,(H,13,14)(H,15,16)/t8-/m0/s1. The minimum Gasteiger partial charge on any atom is -0.481 e. The van der Waals surface area contributed by atoms with E-state index in [-0.39, 0.29) is 12.8 Å². The number of carbonyl (C=O) groups is 3. The molecule has 0 aliphatic heterocycles. The molecular weight excluding hydrogens is 238 g/mol. The van der Waals surface area contributed by atoms with E-state index in [9.17, 15) is 14.4 Å². The summed E-state index contributed by atoms with van der Waals surface area (Å²) in [6, 6.07) is -0.981. The summed E-state index contributed by atoms with van der Waals surface area (Å²) in [5.41, 5.74) is -0.697. The molecule has 0 aromatic rings. The van der Waals surface area contributed by atoms with Crippen molar-refractivity contribution in [2.75, 3.05) is 0 Å². The Morgan fingerprint density at radius 3 is 2.33 bits per heavy atom. The smallest absolute Gasteiger partial charge is 0.329 e. The number of carboxylic acids is 1. The predicted molar refractivity (Wildman–Crippen MR) is 64.8 cm³/mol. The number of ether oxygens (including phenoxy) is 1. The second-order valence-electron chi connectivity index (χ2n) is 4.73. The van der Waals surface area contributed by atoms with E-state index in [1.165, 1.54) is 0 Å². The van der Waals surface area contributed by atoms with Crippen LogP contribution in [0.25, 0.3) is 0 Å². The van der Waals surface area contributed by atoms with Gasteiger partial charge in [0.2, 0.25) is 5.91 Å². The molecule has 0 bridgehead atoms. The second kappa shape index (κ2) is 6.78. The van der Waals surface area contributed by atoms with Gasteiger partial charge in [0.1, 0.15) is 11.6 Å². The highest BCUT2D eigenvalue weighted by Crippen LogP contribution is 2.10. The maximum absolute atomic E-state index is 11.8. The van der Waals surface area contributed by atoms with Crippen LogP contribution in [0.1, 0.15) is 33.6 Å². The minimum absolute atomic E-state index is 0.0240. The van der Waals surface area contributed by atoms with Gasteiger partial charge in [-0.15, -0.1) is 0 Å². The Morgan fingerprint density at radius 1 is 1.39 bits per heavy atom. The van der Waals surface area contributed by atoms with Gasteiger partial charge in [-0.25, -0.2) is 4.79 Å². The van der Waals surface area contributed by atoms with Gasteiger partial charge < -0.3 is 15.2 Å². The Labute approximate surface area is 106 Å². The summed E-state index contributed by atoms with van der Waals surface area (Å²) in [4.78, 5) is 33.4. The largest absolute Gasteiger partial charge is 0.481 e. The van der Waals surface area contributed by atoms with Crippen LogP contribution in [0.3, 0.4) is 0 Å². The molecule has 0 aromatic carbocycles. The van der Waals surface area contributed by atoms with Gasteiger partial charge in [-0.2, -0.15) is 0 Å². The van der Waals surface area contributed by atoms with Crippen molar-refractivity contribution >= 4 is 17.8 Å². The number of carboxylic acid groups (broad SMARTS) is 1. The number of hydrogen-bond acceptors (Lipinski definition) is 4. The van der Waals surface area contributed by atoms with Crippen molar-refractivity contribution in [3.8, 4) is 0 Å². The zero-order valence-electron chi connectivity index (χ0n) is 10.9. The lowest BCUT2D eigenvalue weighted by atomic mass is 10.1. The van der Waals surface area contributed by atoms with E-state index in [2.05, 4.69) is 11.9 Å². The summed E-state index contributed by atoms with van der Waals surface area (Å²) in [6.45, 7) is 8.33. The Balaban J connectivity index is 4.63. The molecule has 0 rings (SSSR count). The second-order valence-corrected chi connectivity index (χ2v) is 4.73. The summed E-state index contributed by atoms with van der Waals surface area (Å²) < 4.78 is 5.10. The molecule has 0 aromatic heterocycles. The molecule has 0 spiro atoms. The SMILES string of the molecule is C=CC(=O)N[C@@H](CCC(=O)O)C(=O)OC(C)(C)C. The monoisotopic (exact) mass is 257 g/mol. The lowest BCUT2D eigenvalue weighted by Crippen LogP contribution is -2.43. The van der Waals surface area contributed by atoms with Crippen molar-refractivity contribution in [1.82, 2.24) is 5.32 Å². The molecule has 0 fully saturated rings. The quantitative estimate of drug-likeness (QED) is 0.544. The van der Waals surface area contributed by atoms with Crippen molar-refractivity contribution in [3.05, 3.63) is 12.7 Å². The average Bonchev–Trinajstić information content (AvgIpc) is 2.20. The van der Waals surface area contributed by atoms with Crippen LogP contribution < -0.4 is 5.32 Å². The van der Waals surface area contributed by atoms with Gasteiger partial charge in [0.15, 0.2) is 0 Å². The van der Waals surface area contributed by atoms with Crippen LogP contribution in [0.2, 0.25) is 0 Å². The Morgan fingerprint density at radius 2 is 1.94 bits per heavy atom. The molecule has 102 valence electrons. The molecule has 2 N–H and O–H groups in total. The number of esters is 1. The normalized spacial score (nSPS) is 12.4. The first-order chi connectivity index (χ1) is 8.15. The molecule has 18 heavy (non-hydrogen) atoms. The van der Waals surface area contributed by atoms with Crippen molar-refractivity contribution in [1.29, 1.82) is 0 Å². The number of amides is 1. The van der Waals surface area contributed by atoms with E-state index in [4.69, 9.17) is 9.84 Å². The van der Waals surface area contributed by atoms with Crippen LogP contribution >= 0.6 is 0 Å². The fourth-order valence-electron chi connectivity index (χ4n) is 1.12. The summed E-state index contributed by atoms with van der Waals surface area (Å²) in [5, 5.41) is 10.9. The van der Waals surface area contributed by atoms with Crippen LogP contribution in [0.15, 0.2) is 12.7 Å². The summed E-state index contributed by atoms with van der Waals surface area (Å²) in [6.07, 6.45) is 0.753. The van der Waals surface area contributed by atoms with Gasteiger partial charge in [-0.3, -0.25) is 9.59 Å². The third kappa shape index (κ3) is 7.43. The average molecular weight is 257 g/mol. The molecule has 0 heterocycles. The number of rotatable bonds is 6. The maximum Gasteiger partial charge on any atom is 0.329 e. The van der Waals surface area contributed by atoms with E-state index in [0.29, 0.717) is 0 Å². The van der Waals surface area contributed by atoms with Crippen LogP contribution in [0, 0.1) is 0 Å². The number of aliphatic carboxylic acids is 1. The Kier molecular flexibility index (Phi) is 6.08. The summed E-state index contributed by atoms with van der Waals surface area (Å²) in [7, 11) is 0. The molecule has 0 aliphatic rings. The van der Waals surface area contributed by atoms with E-state index >= 15 is 0 Å². The maximum atomic E-state index is 11.8.